The molecule has 4 nitrogen and oxygen atoms in total. The van der Waals surface area contributed by atoms with Crippen LogP contribution in [0.2, 0.25) is 0 Å². The van der Waals surface area contributed by atoms with E-state index in [1.165, 1.54) is 38.5 Å². The lowest BCUT2D eigenvalue weighted by atomic mass is 9.97. The molecular formula is C13H23N3O. The molecule has 1 fully saturated rings. The summed E-state index contributed by atoms with van der Waals surface area (Å²) in [6, 6.07) is 0.144. The van der Waals surface area contributed by atoms with E-state index in [0.29, 0.717) is 5.89 Å². The molecule has 1 unspecified atom stereocenters. The summed E-state index contributed by atoms with van der Waals surface area (Å²) < 4.78 is 5.70. The van der Waals surface area contributed by atoms with Crippen LogP contribution in [0.15, 0.2) is 4.42 Å². The molecule has 4 heteroatoms. The van der Waals surface area contributed by atoms with Gasteiger partial charge in [0.2, 0.25) is 11.8 Å². The molecule has 0 aromatic carbocycles. The highest BCUT2D eigenvalue weighted by atomic mass is 16.4. The van der Waals surface area contributed by atoms with E-state index in [0.717, 1.165) is 18.2 Å². The summed E-state index contributed by atoms with van der Waals surface area (Å²) in [6.07, 6.45) is 9.10. The molecular weight excluding hydrogens is 214 g/mol. The maximum atomic E-state index is 5.70. The van der Waals surface area contributed by atoms with Gasteiger partial charge in [0, 0.05) is 6.42 Å². The number of nitrogens with one attached hydrogen (secondary N) is 1. The van der Waals surface area contributed by atoms with Crippen molar-refractivity contribution in [3.8, 4) is 0 Å². The maximum absolute atomic E-state index is 5.70. The maximum Gasteiger partial charge on any atom is 0.233 e. The van der Waals surface area contributed by atoms with Gasteiger partial charge in [-0.15, -0.1) is 10.2 Å². The van der Waals surface area contributed by atoms with Crippen molar-refractivity contribution in [1.29, 1.82) is 0 Å². The normalized spacial score (nSPS) is 20.1. The van der Waals surface area contributed by atoms with Gasteiger partial charge in [0.05, 0.1) is 6.04 Å². The van der Waals surface area contributed by atoms with E-state index in [-0.39, 0.29) is 6.04 Å². The lowest BCUT2D eigenvalue weighted by Crippen LogP contribution is -2.12. The largest absolute Gasteiger partial charge is 0.424 e. The fourth-order valence-corrected chi connectivity index (χ4v) is 2.46. The van der Waals surface area contributed by atoms with Crippen molar-refractivity contribution in [3.05, 3.63) is 11.8 Å². The van der Waals surface area contributed by atoms with Crippen molar-refractivity contribution >= 4 is 0 Å². The molecule has 0 amide bonds. The molecule has 1 aliphatic rings. The van der Waals surface area contributed by atoms with Gasteiger partial charge in [-0.2, -0.15) is 0 Å². The molecule has 0 saturated heterocycles. The zero-order valence-corrected chi connectivity index (χ0v) is 10.9. The third kappa shape index (κ3) is 3.53. The Labute approximate surface area is 103 Å². The van der Waals surface area contributed by atoms with Crippen molar-refractivity contribution in [3.63, 3.8) is 0 Å². The van der Waals surface area contributed by atoms with Gasteiger partial charge in [0.25, 0.3) is 0 Å². The Morgan fingerprint density at radius 2 is 1.94 bits per heavy atom. The predicted molar refractivity (Wildman–Crippen MR) is 66.7 cm³/mol. The van der Waals surface area contributed by atoms with E-state index in [4.69, 9.17) is 4.42 Å². The minimum absolute atomic E-state index is 0.144. The molecule has 0 aliphatic heterocycles. The van der Waals surface area contributed by atoms with Crippen LogP contribution >= 0.6 is 0 Å². The Kier molecular flexibility index (Phi) is 4.54. The minimum Gasteiger partial charge on any atom is -0.424 e. The molecule has 2 rings (SSSR count). The Balaban J connectivity index is 1.91. The van der Waals surface area contributed by atoms with Crippen LogP contribution in [0.3, 0.4) is 0 Å². The van der Waals surface area contributed by atoms with Crippen molar-refractivity contribution in [2.75, 3.05) is 7.05 Å². The summed E-state index contributed by atoms with van der Waals surface area (Å²) in [5.74, 6) is 2.26. The number of nitrogens with zero attached hydrogens (tertiary/aromatic N) is 2. The topological polar surface area (TPSA) is 51.0 Å². The molecule has 1 aromatic heterocycles. The van der Waals surface area contributed by atoms with Gasteiger partial charge in [0.15, 0.2) is 0 Å². The first-order chi connectivity index (χ1) is 8.29. The molecule has 1 N–H and O–H groups in total. The molecule has 0 bridgehead atoms. The fraction of sp³-hybridized carbons (Fsp3) is 0.846. The second-order valence-corrected chi connectivity index (χ2v) is 5.11. The summed E-state index contributed by atoms with van der Waals surface area (Å²) in [6.45, 7) is 2.03. The van der Waals surface area contributed by atoms with Gasteiger partial charge < -0.3 is 9.73 Å². The molecule has 1 heterocycles. The Hall–Kier alpha value is -0.900. The number of hydrogen-bond donors (Lipinski definition) is 1. The monoisotopic (exact) mass is 237 g/mol. The third-order valence-electron chi connectivity index (χ3n) is 3.72. The average Bonchev–Trinajstić information content (AvgIpc) is 2.65. The summed E-state index contributed by atoms with van der Waals surface area (Å²) in [5, 5.41) is 11.4. The van der Waals surface area contributed by atoms with E-state index in [9.17, 15) is 0 Å². The van der Waals surface area contributed by atoms with Crippen molar-refractivity contribution in [1.82, 2.24) is 15.5 Å². The molecule has 1 saturated carbocycles. The van der Waals surface area contributed by atoms with Crippen LogP contribution in [0.1, 0.15) is 63.3 Å². The molecule has 0 spiro atoms. The highest BCUT2D eigenvalue weighted by Gasteiger charge is 2.17. The van der Waals surface area contributed by atoms with E-state index in [2.05, 4.69) is 15.5 Å². The number of aromatic nitrogens is 2. The van der Waals surface area contributed by atoms with Crippen molar-refractivity contribution < 1.29 is 4.42 Å². The van der Waals surface area contributed by atoms with Crippen molar-refractivity contribution in [2.24, 2.45) is 5.92 Å². The van der Waals surface area contributed by atoms with E-state index in [1.807, 2.05) is 14.0 Å². The predicted octanol–water partition coefficient (Wildman–Crippen LogP) is 2.86. The highest BCUT2D eigenvalue weighted by Crippen LogP contribution is 2.26. The van der Waals surface area contributed by atoms with Gasteiger partial charge in [-0.1, -0.05) is 25.7 Å². The molecule has 96 valence electrons. The summed E-state index contributed by atoms with van der Waals surface area (Å²) >= 11 is 0. The second-order valence-electron chi connectivity index (χ2n) is 5.11. The first kappa shape index (κ1) is 12.6. The van der Waals surface area contributed by atoms with Gasteiger partial charge in [-0.05, 0) is 32.7 Å². The zero-order chi connectivity index (χ0) is 12.1. The van der Waals surface area contributed by atoms with Gasteiger partial charge in [-0.3, -0.25) is 0 Å². The van der Waals surface area contributed by atoms with E-state index < -0.39 is 0 Å². The van der Waals surface area contributed by atoms with Crippen LogP contribution in [0, 0.1) is 5.92 Å². The zero-order valence-electron chi connectivity index (χ0n) is 10.9. The summed E-state index contributed by atoms with van der Waals surface area (Å²) in [5.41, 5.74) is 0. The second kappa shape index (κ2) is 6.15. The van der Waals surface area contributed by atoms with E-state index >= 15 is 0 Å². The van der Waals surface area contributed by atoms with Gasteiger partial charge in [-0.25, -0.2) is 0 Å². The van der Waals surface area contributed by atoms with Gasteiger partial charge in [0.1, 0.15) is 0 Å². The number of hydrogen-bond acceptors (Lipinski definition) is 4. The van der Waals surface area contributed by atoms with Crippen LogP contribution in [0.5, 0.6) is 0 Å². The smallest absolute Gasteiger partial charge is 0.233 e. The average molecular weight is 237 g/mol. The fourth-order valence-electron chi connectivity index (χ4n) is 2.46. The molecule has 0 radical (unpaired) electrons. The first-order valence-corrected chi connectivity index (χ1v) is 6.79. The third-order valence-corrected chi connectivity index (χ3v) is 3.72. The molecule has 1 atom stereocenters. The van der Waals surface area contributed by atoms with Crippen molar-refractivity contribution in [2.45, 2.75) is 57.9 Å². The van der Waals surface area contributed by atoms with Gasteiger partial charge >= 0.3 is 0 Å². The van der Waals surface area contributed by atoms with Crippen LogP contribution in [0.4, 0.5) is 0 Å². The van der Waals surface area contributed by atoms with Crippen LogP contribution in [0.25, 0.3) is 0 Å². The quantitative estimate of drug-likeness (QED) is 0.818. The lowest BCUT2D eigenvalue weighted by molar-refractivity contribution is 0.363. The molecule has 17 heavy (non-hydrogen) atoms. The first-order valence-electron chi connectivity index (χ1n) is 6.79. The lowest BCUT2D eigenvalue weighted by Gasteiger charge is -2.10. The van der Waals surface area contributed by atoms with Crippen LogP contribution < -0.4 is 5.32 Å². The summed E-state index contributed by atoms with van der Waals surface area (Å²) in [4.78, 5) is 0. The highest BCUT2D eigenvalue weighted by molar-refractivity contribution is 4.89. The van der Waals surface area contributed by atoms with Crippen LogP contribution in [-0.4, -0.2) is 17.2 Å². The molecule has 1 aromatic rings. The number of rotatable bonds is 4. The Bertz CT molecular complexity index is 329. The van der Waals surface area contributed by atoms with E-state index in [1.54, 1.807) is 0 Å². The minimum atomic E-state index is 0.144. The van der Waals surface area contributed by atoms with Crippen LogP contribution in [-0.2, 0) is 6.42 Å². The standard InChI is InChI=1S/C13H23N3O/c1-10(14-2)13-16-15-12(17-13)9-11-7-5-3-4-6-8-11/h10-11,14H,3-9H2,1-2H3. The Morgan fingerprint density at radius 3 is 2.59 bits per heavy atom. The Morgan fingerprint density at radius 1 is 1.24 bits per heavy atom. The molecule has 1 aliphatic carbocycles. The SMILES string of the molecule is CNC(C)c1nnc(CC2CCCCCC2)o1. The summed E-state index contributed by atoms with van der Waals surface area (Å²) in [7, 11) is 1.90.